The molecule has 3 aromatic heterocycles. The number of anilines is 1. The average molecular weight is 300 g/mol. The number of aromatic nitrogens is 3. The second kappa shape index (κ2) is 5.45. The lowest BCUT2D eigenvalue weighted by Crippen LogP contribution is -2.13. The number of nitrogens with zero attached hydrogens (tertiary/aromatic N) is 3. The SMILES string of the molecule is Cc1nc(-c2cc(NC(=O)c3ccccn3)c(C)s2)no1. The maximum Gasteiger partial charge on any atom is 0.274 e. The number of rotatable bonds is 3. The van der Waals surface area contributed by atoms with Crippen molar-refractivity contribution in [3.63, 3.8) is 0 Å². The van der Waals surface area contributed by atoms with Crippen LogP contribution in [0.4, 0.5) is 5.69 Å². The third kappa shape index (κ3) is 2.82. The summed E-state index contributed by atoms with van der Waals surface area (Å²) in [5, 5.41) is 6.72. The Hall–Kier alpha value is -2.54. The normalized spacial score (nSPS) is 10.6. The van der Waals surface area contributed by atoms with E-state index in [2.05, 4.69) is 20.4 Å². The van der Waals surface area contributed by atoms with E-state index < -0.39 is 0 Å². The van der Waals surface area contributed by atoms with Crippen LogP contribution in [-0.4, -0.2) is 21.0 Å². The Morgan fingerprint density at radius 3 is 2.86 bits per heavy atom. The van der Waals surface area contributed by atoms with Gasteiger partial charge in [0.2, 0.25) is 11.7 Å². The third-order valence-electron chi connectivity index (χ3n) is 2.81. The van der Waals surface area contributed by atoms with Crippen LogP contribution in [0.2, 0.25) is 0 Å². The van der Waals surface area contributed by atoms with Gasteiger partial charge in [0.25, 0.3) is 5.91 Å². The van der Waals surface area contributed by atoms with E-state index in [1.807, 2.05) is 13.0 Å². The Morgan fingerprint density at radius 1 is 1.33 bits per heavy atom. The molecule has 6 nitrogen and oxygen atoms in total. The largest absolute Gasteiger partial charge is 0.339 e. The van der Waals surface area contributed by atoms with Gasteiger partial charge in [-0.1, -0.05) is 11.2 Å². The van der Waals surface area contributed by atoms with Crippen molar-refractivity contribution in [2.45, 2.75) is 13.8 Å². The lowest BCUT2D eigenvalue weighted by Gasteiger charge is -2.02. The lowest BCUT2D eigenvalue weighted by atomic mass is 10.3. The van der Waals surface area contributed by atoms with E-state index in [-0.39, 0.29) is 5.91 Å². The van der Waals surface area contributed by atoms with Crippen LogP contribution in [-0.2, 0) is 0 Å². The molecule has 0 aliphatic rings. The predicted molar refractivity (Wildman–Crippen MR) is 79.3 cm³/mol. The van der Waals surface area contributed by atoms with Gasteiger partial charge in [-0.3, -0.25) is 9.78 Å². The first-order valence-electron chi connectivity index (χ1n) is 6.27. The maximum atomic E-state index is 12.1. The van der Waals surface area contributed by atoms with E-state index in [9.17, 15) is 4.79 Å². The molecule has 0 fully saturated rings. The van der Waals surface area contributed by atoms with Gasteiger partial charge in [-0.15, -0.1) is 11.3 Å². The van der Waals surface area contributed by atoms with Crippen LogP contribution < -0.4 is 5.32 Å². The molecule has 0 saturated heterocycles. The highest BCUT2D eigenvalue weighted by atomic mass is 32.1. The second-order valence-electron chi connectivity index (χ2n) is 4.39. The molecule has 106 valence electrons. The highest BCUT2D eigenvalue weighted by Crippen LogP contribution is 2.32. The van der Waals surface area contributed by atoms with E-state index in [0.717, 1.165) is 15.4 Å². The van der Waals surface area contributed by atoms with Gasteiger partial charge in [0.1, 0.15) is 5.69 Å². The molecule has 0 aliphatic carbocycles. The number of pyridine rings is 1. The molecule has 1 amide bonds. The van der Waals surface area contributed by atoms with Gasteiger partial charge in [-0.05, 0) is 25.1 Å². The van der Waals surface area contributed by atoms with Crippen LogP contribution in [0.15, 0.2) is 35.0 Å². The van der Waals surface area contributed by atoms with Gasteiger partial charge in [0.15, 0.2) is 0 Å². The number of hydrogen-bond acceptors (Lipinski definition) is 6. The van der Waals surface area contributed by atoms with Crippen molar-refractivity contribution in [3.8, 4) is 10.7 Å². The van der Waals surface area contributed by atoms with Crippen molar-refractivity contribution in [3.05, 3.63) is 46.9 Å². The molecule has 0 aliphatic heterocycles. The summed E-state index contributed by atoms with van der Waals surface area (Å²) in [6, 6.07) is 7.05. The highest BCUT2D eigenvalue weighted by Gasteiger charge is 2.15. The van der Waals surface area contributed by atoms with Crippen molar-refractivity contribution in [2.24, 2.45) is 0 Å². The molecule has 0 unspecified atom stereocenters. The number of thiophene rings is 1. The molecular formula is C14H12N4O2S. The molecule has 7 heteroatoms. The van der Waals surface area contributed by atoms with Gasteiger partial charge in [0, 0.05) is 18.0 Å². The number of amides is 1. The van der Waals surface area contributed by atoms with Crippen molar-refractivity contribution in [2.75, 3.05) is 5.32 Å². The average Bonchev–Trinajstić information content (AvgIpc) is 3.07. The minimum absolute atomic E-state index is 0.243. The zero-order chi connectivity index (χ0) is 14.8. The van der Waals surface area contributed by atoms with Gasteiger partial charge in [0.05, 0.1) is 10.6 Å². The zero-order valence-corrected chi connectivity index (χ0v) is 12.3. The molecule has 0 atom stereocenters. The van der Waals surface area contributed by atoms with Crippen LogP contribution in [0.3, 0.4) is 0 Å². The first-order valence-corrected chi connectivity index (χ1v) is 7.08. The van der Waals surface area contributed by atoms with Gasteiger partial charge >= 0.3 is 0 Å². The van der Waals surface area contributed by atoms with Crippen molar-refractivity contribution >= 4 is 22.9 Å². The first-order chi connectivity index (χ1) is 10.1. The molecule has 0 aromatic carbocycles. The van der Waals surface area contributed by atoms with Crippen LogP contribution >= 0.6 is 11.3 Å². The summed E-state index contributed by atoms with van der Waals surface area (Å²) in [6.07, 6.45) is 1.59. The van der Waals surface area contributed by atoms with Crippen molar-refractivity contribution in [1.29, 1.82) is 0 Å². The summed E-state index contributed by atoms with van der Waals surface area (Å²) in [6.45, 7) is 3.66. The van der Waals surface area contributed by atoms with Crippen LogP contribution in [0.25, 0.3) is 10.7 Å². The fourth-order valence-electron chi connectivity index (χ4n) is 1.80. The Labute approximate surface area is 124 Å². The molecule has 3 heterocycles. The molecular weight excluding hydrogens is 288 g/mol. The molecule has 3 rings (SSSR count). The summed E-state index contributed by atoms with van der Waals surface area (Å²) in [5.41, 5.74) is 1.10. The van der Waals surface area contributed by atoms with Crippen LogP contribution in [0, 0.1) is 13.8 Å². The third-order valence-corrected chi connectivity index (χ3v) is 3.86. The summed E-state index contributed by atoms with van der Waals surface area (Å²) in [7, 11) is 0. The molecule has 0 radical (unpaired) electrons. The number of nitrogens with one attached hydrogen (secondary N) is 1. The Morgan fingerprint density at radius 2 is 2.19 bits per heavy atom. The monoisotopic (exact) mass is 300 g/mol. The van der Waals surface area contributed by atoms with E-state index in [1.165, 1.54) is 11.3 Å². The smallest absolute Gasteiger partial charge is 0.274 e. The van der Waals surface area contributed by atoms with E-state index in [0.29, 0.717) is 17.4 Å². The summed E-state index contributed by atoms with van der Waals surface area (Å²) < 4.78 is 4.97. The fourth-order valence-corrected chi connectivity index (χ4v) is 2.70. The number of aryl methyl sites for hydroxylation is 2. The lowest BCUT2D eigenvalue weighted by molar-refractivity contribution is 0.102. The molecule has 0 bridgehead atoms. The second-order valence-corrected chi connectivity index (χ2v) is 5.64. The number of carbonyl (C=O) groups is 1. The topological polar surface area (TPSA) is 80.9 Å². The highest BCUT2D eigenvalue weighted by molar-refractivity contribution is 7.16. The Kier molecular flexibility index (Phi) is 3.49. The van der Waals surface area contributed by atoms with Crippen molar-refractivity contribution < 1.29 is 9.32 Å². The molecule has 3 aromatic rings. The van der Waals surface area contributed by atoms with E-state index >= 15 is 0 Å². The quantitative estimate of drug-likeness (QED) is 0.804. The minimum Gasteiger partial charge on any atom is -0.339 e. The van der Waals surface area contributed by atoms with E-state index in [4.69, 9.17) is 4.52 Å². The van der Waals surface area contributed by atoms with Gasteiger partial charge in [-0.2, -0.15) is 4.98 Å². The van der Waals surface area contributed by atoms with Crippen molar-refractivity contribution in [1.82, 2.24) is 15.1 Å². The van der Waals surface area contributed by atoms with E-state index in [1.54, 1.807) is 31.3 Å². The molecule has 1 N–H and O–H groups in total. The summed E-state index contributed by atoms with van der Waals surface area (Å²) in [4.78, 5) is 22.1. The van der Waals surface area contributed by atoms with Gasteiger partial charge in [-0.25, -0.2) is 0 Å². The first kappa shape index (κ1) is 13.4. The summed E-state index contributed by atoms with van der Waals surface area (Å²) in [5.74, 6) is 0.793. The van der Waals surface area contributed by atoms with Gasteiger partial charge < -0.3 is 9.84 Å². The molecule has 21 heavy (non-hydrogen) atoms. The Balaban J connectivity index is 1.84. The van der Waals surface area contributed by atoms with Crippen LogP contribution in [0.5, 0.6) is 0 Å². The standard InChI is InChI=1S/C14H12N4O2S/c1-8-11(17-14(19)10-5-3-4-6-15-10)7-12(21-8)13-16-9(2)20-18-13/h3-7H,1-2H3,(H,17,19). The minimum atomic E-state index is -0.243. The fraction of sp³-hybridized carbons (Fsp3) is 0.143. The predicted octanol–water partition coefficient (Wildman–Crippen LogP) is 3.06. The number of carbonyl (C=O) groups excluding carboxylic acids is 1. The molecule has 0 saturated carbocycles. The Bertz CT molecular complexity index is 779. The molecule has 0 spiro atoms. The zero-order valence-electron chi connectivity index (χ0n) is 11.5. The maximum absolute atomic E-state index is 12.1. The van der Waals surface area contributed by atoms with Crippen LogP contribution in [0.1, 0.15) is 21.3 Å². The summed E-state index contributed by atoms with van der Waals surface area (Å²) >= 11 is 1.50. The number of hydrogen-bond donors (Lipinski definition) is 1.